The molecule has 0 aliphatic rings. The first-order valence-corrected chi connectivity index (χ1v) is 11.9. The summed E-state index contributed by atoms with van der Waals surface area (Å²) in [6, 6.07) is 19.9. The number of fused-ring (bicyclic) bond motifs is 1. The zero-order chi connectivity index (χ0) is 25.5. The molecule has 4 aromatic rings. The minimum Gasteiger partial charge on any atom is -0.494 e. The van der Waals surface area contributed by atoms with E-state index in [1.807, 2.05) is 6.92 Å². The summed E-state index contributed by atoms with van der Waals surface area (Å²) in [5.41, 5.74) is 3.65. The van der Waals surface area contributed by atoms with Gasteiger partial charge in [-0.3, -0.25) is 24.3 Å². The molecule has 0 fully saturated rings. The van der Waals surface area contributed by atoms with Gasteiger partial charge in [0, 0.05) is 17.7 Å². The number of benzene rings is 3. The highest BCUT2D eigenvalue weighted by atomic mass is 32.2. The number of nitrogens with zero attached hydrogens (tertiary/aromatic N) is 4. The van der Waals surface area contributed by atoms with Gasteiger partial charge in [-0.1, -0.05) is 36.0 Å². The lowest BCUT2D eigenvalue weighted by molar-refractivity contribution is -0.384. The van der Waals surface area contributed by atoms with Crippen LogP contribution in [0.15, 0.2) is 87.8 Å². The maximum Gasteiger partial charge on any atom is 0.270 e. The van der Waals surface area contributed by atoms with Crippen LogP contribution in [-0.2, 0) is 4.79 Å². The number of hydrazone groups is 1. The molecule has 3 aromatic carbocycles. The molecule has 1 heterocycles. The molecule has 0 saturated carbocycles. The Morgan fingerprint density at radius 1 is 1.17 bits per heavy atom. The van der Waals surface area contributed by atoms with Crippen LogP contribution in [0, 0.1) is 10.1 Å². The van der Waals surface area contributed by atoms with Crippen LogP contribution in [0.4, 0.5) is 5.69 Å². The highest BCUT2D eigenvalue weighted by Gasteiger charge is 2.15. The van der Waals surface area contributed by atoms with E-state index in [1.165, 1.54) is 29.0 Å². The predicted octanol–water partition coefficient (Wildman–Crippen LogP) is 3.94. The lowest BCUT2D eigenvalue weighted by Gasteiger charge is -2.13. The molecule has 1 N–H and O–H groups in total. The van der Waals surface area contributed by atoms with Crippen molar-refractivity contribution in [3.8, 4) is 11.4 Å². The molecule has 0 aliphatic carbocycles. The maximum absolute atomic E-state index is 13.3. The molecule has 0 unspecified atom stereocenters. The Hall–Kier alpha value is -4.51. The molecular weight excluding hydrogens is 482 g/mol. The third kappa shape index (κ3) is 5.76. The summed E-state index contributed by atoms with van der Waals surface area (Å²) in [7, 11) is 0. The SMILES string of the molecule is CCOc1ccc(-n2c(SCC(=O)NN=Cc3cccc([N+](=O)[O-])c3)nc3ccccc3c2=O)cc1. The smallest absolute Gasteiger partial charge is 0.270 e. The number of ether oxygens (including phenoxy) is 1. The molecule has 0 bridgehead atoms. The number of non-ortho nitro benzene ring substituents is 1. The number of hydrogen-bond acceptors (Lipinski definition) is 8. The van der Waals surface area contributed by atoms with Gasteiger partial charge >= 0.3 is 0 Å². The van der Waals surface area contributed by atoms with Crippen LogP contribution < -0.4 is 15.7 Å². The molecule has 4 rings (SSSR count). The van der Waals surface area contributed by atoms with Crippen LogP contribution in [0.5, 0.6) is 5.75 Å². The molecule has 11 heteroatoms. The molecule has 0 radical (unpaired) electrons. The van der Waals surface area contributed by atoms with E-state index < -0.39 is 10.8 Å². The first-order valence-electron chi connectivity index (χ1n) is 10.9. The molecule has 0 spiro atoms. The Labute approximate surface area is 209 Å². The number of carbonyl (C=O) groups excluding carboxylic acids is 1. The van der Waals surface area contributed by atoms with Crippen molar-refractivity contribution in [3.05, 3.63) is 98.8 Å². The standard InChI is InChI=1S/C25H21N5O5S/c1-2-35-20-12-10-18(11-13-20)29-24(32)21-8-3-4-9-22(21)27-25(29)36-16-23(31)28-26-15-17-6-5-7-19(14-17)30(33)34/h3-15H,2,16H2,1H3,(H,28,31). The van der Waals surface area contributed by atoms with Gasteiger partial charge in [0.05, 0.1) is 40.1 Å². The second kappa shape index (κ2) is 11.3. The average Bonchev–Trinajstić information content (AvgIpc) is 2.88. The molecule has 36 heavy (non-hydrogen) atoms. The number of aromatic nitrogens is 2. The van der Waals surface area contributed by atoms with Crippen LogP contribution in [0.25, 0.3) is 16.6 Å². The van der Waals surface area contributed by atoms with Gasteiger partial charge in [-0.25, -0.2) is 10.4 Å². The Morgan fingerprint density at radius 2 is 1.94 bits per heavy atom. The Bertz CT molecular complexity index is 1500. The number of carbonyl (C=O) groups is 1. The Kier molecular flexibility index (Phi) is 7.71. The largest absolute Gasteiger partial charge is 0.494 e. The van der Waals surface area contributed by atoms with Crippen molar-refractivity contribution in [3.63, 3.8) is 0 Å². The lowest BCUT2D eigenvalue weighted by atomic mass is 10.2. The number of para-hydroxylation sites is 1. The highest BCUT2D eigenvalue weighted by Crippen LogP contribution is 2.23. The number of nitro benzene ring substituents is 1. The van der Waals surface area contributed by atoms with Crippen molar-refractivity contribution < 1.29 is 14.5 Å². The monoisotopic (exact) mass is 503 g/mol. The van der Waals surface area contributed by atoms with Gasteiger partial charge in [-0.15, -0.1) is 0 Å². The van der Waals surface area contributed by atoms with E-state index in [1.54, 1.807) is 54.6 Å². The molecule has 1 aromatic heterocycles. The van der Waals surface area contributed by atoms with E-state index in [-0.39, 0.29) is 17.0 Å². The summed E-state index contributed by atoms with van der Waals surface area (Å²) in [5, 5.41) is 15.6. The molecule has 10 nitrogen and oxygen atoms in total. The summed E-state index contributed by atoms with van der Waals surface area (Å²) < 4.78 is 6.95. The summed E-state index contributed by atoms with van der Waals surface area (Å²) in [4.78, 5) is 40.7. The third-order valence-corrected chi connectivity index (χ3v) is 5.91. The number of amides is 1. The number of thioether (sulfide) groups is 1. The van der Waals surface area contributed by atoms with Crippen molar-refractivity contribution in [1.82, 2.24) is 15.0 Å². The van der Waals surface area contributed by atoms with Crippen molar-refractivity contribution in [2.75, 3.05) is 12.4 Å². The highest BCUT2D eigenvalue weighted by molar-refractivity contribution is 7.99. The maximum atomic E-state index is 13.3. The lowest BCUT2D eigenvalue weighted by Crippen LogP contribution is -2.24. The van der Waals surface area contributed by atoms with E-state index in [0.717, 1.165) is 11.8 Å². The van der Waals surface area contributed by atoms with Crippen molar-refractivity contribution in [1.29, 1.82) is 0 Å². The van der Waals surface area contributed by atoms with Crippen molar-refractivity contribution in [2.24, 2.45) is 5.10 Å². The second-order valence-corrected chi connectivity index (χ2v) is 8.36. The molecular formula is C25H21N5O5S. The minimum absolute atomic E-state index is 0.0614. The molecule has 0 atom stereocenters. The quantitative estimate of drug-likeness (QED) is 0.120. The fourth-order valence-corrected chi connectivity index (χ4v) is 4.16. The average molecular weight is 504 g/mol. The molecule has 0 saturated heterocycles. The zero-order valence-electron chi connectivity index (χ0n) is 19.2. The van der Waals surface area contributed by atoms with Gasteiger partial charge in [0.1, 0.15) is 5.75 Å². The fourth-order valence-electron chi connectivity index (χ4n) is 3.35. The molecule has 0 aliphatic heterocycles. The summed E-state index contributed by atoms with van der Waals surface area (Å²) in [6.45, 7) is 2.41. The van der Waals surface area contributed by atoms with Gasteiger partial charge < -0.3 is 4.74 Å². The fraction of sp³-hybridized carbons (Fsp3) is 0.120. The zero-order valence-corrected chi connectivity index (χ0v) is 20.0. The summed E-state index contributed by atoms with van der Waals surface area (Å²) in [6.07, 6.45) is 1.32. The van der Waals surface area contributed by atoms with Gasteiger partial charge in [0.2, 0.25) is 0 Å². The van der Waals surface area contributed by atoms with E-state index in [9.17, 15) is 19.7 Å². The van der Waals surface area contributed by atoms with Gasteiger partial charge in [0.15, 0.2) is 5.16 Å². The first-order chi connectivity index (χ1) is 17.5. The van der Waals surface area contributed by atoms with Gasteiger partial charge in [0.25, 0.3) is 17.2 Å². The van der Waals surface area contributed by atoms with E-state index in [2.05, 4.69) is 15.5 Å². The normalized spacial score (nSPS) is 11.0. The van der Waals surface area contributed by atoms with E-state index >= 15 is 0 Å². The number of hydrogen-bond donors (Lipinski definition) is 1. The Balaban J connectivity index is 1.54. The van der Waals surface area contributed by atoms with E-state index in [0.29, 0.717) is 39.7 Å². The van der Waals surface area contributed by atoms with Gasteiger partial charge in [-0.2, -0.15) is 5.10 Å². The number of nitrogens with one attached hydrogen (secondary N) is 1. The number of nitro groups is 1. The number of rotatable bonds is 9. The van der Waals surface area contributed by atoms with Crippen LogP contribution in [-0.4, -0.2) is 39.0 Å². The molecule has 1 amide bonds. The van der Waals surface area contributed by atoms with Crippen LogP contribution in [0.1, 0.15) is 12.5 Å². The summed E-state index contributed by atoms with van der Waals surface area (Å²) in [5.74, 6) is 0.189. The Morgan fingerprint density at radius 3 is 2.69 bits per heavy atom. The van der Waals surface area contributed by atoms with Crippen LogP contribution in [0.3, 0.4) is 0 Å². The molecule has 182 valence electrons. The third-order valence-electron chi connectivity index (χ3n) is 4.97. The van der Waals surface area contributed by atoms with Crippen LogP contribution >= 0.6 is 11.8 Å². The predicted molar refractivity (Wildman–Crippen MR) is 138 cm³/mol. The van der Waals surface area contributed by atoms with Gasteiger partial charge in [-0.05, 0) is 43.3 Å². The van der Waals surface area contributed by atoms with Crippen LogP contribution in [0.2, 0.25) is 0 Å². The van der Waals surface area contributed by atoms with E-state index in [4.69, 9.17) is 4.74 Å². The minimum atomic E-state index is -0.507. The van der Waals surface area contributed by atoms with Crippen molar-refractivity contribution >= 4 is 40.5 Å². The summed E-state index contributed by atoms with van der Waals surface area (Å²) >= 11 is 1.09. The topological polar surface area (TPSA) is 129 Å². The second-order valence-electron chi connectivity index (χ2n) is 7.41. The van der Waals surface area contributed by atoms with Crippen molar-refractivity contribution in [2.45, 2.75) is 12.1 Å². The first kappa shape index (κ1) is 24.6.